The highest BCUT2D eigenvalue weighted by molar-refractivity contribution is 6.05. The van der Waals surface area contributed by atoms with Crippen LogP contribution in [-0.4, -0.2) is 17.9 Å². The van der Waals surface area contributed by atoms with Crippen LogP contribution in [0.15, 0.2) is 47.0 Å². The lowest BCUT2D eigenvalue weighted by Gasteiger charge is -2.16. The van der Waals surface area contributed by atoms with Gasteiger partial charge < -0.3 is 9.32 Å². The van der Waals surface area contributed by atoms with Crippen LogP contribution in [0.2, 0.25) is 0 Å². The summed E-state index contributed by atoms with van der Waals surface area (Å²) >= 11 is 0. The van der Waals surface area contributed by atoms with Gasteiger partial charge in [0.1, 0.15) is 5.76 Å². The fourth-order valence-electron chi connectivity index (χ4n) is 2.37. The molecule has 0 aliphatic heterocycles. The second-order valence-corrected chi connectivity index (χ2v) is 5.12. The van der Waals surface area contributed by atoms with Crippen molar-refractivity contribution in [2.24, 2.45) is 0 Å². The Labute approximate surface area is 123 Å². The molecule has 106 valence electrons. The van der Waals surface area contributed by atoms with Crippen LogP contribution in [0.1, 0.15) is 21.9 Å². The van der Waals surface area contributed by atoms with Crippen molar-refractivity contribution < 1.29 is 9.21 Å². The fourth-order valence-corrected chi connectivity index (χ4v) is 2.37. The molecule has 4 nitrogen and oxygen atoms in total. The molecule has 0 aliphatic carbocycles. The van der Waals surface area contributed by atoms with Gasteiger partial charge in [0.25, 0.3) is 5.91 Å². The number of carbonyl (C=O) groups excluding carboxylic acids is 1. The Kier molecular flexibility index (Phi) is 3.22. The average Bonchev–Trinajstić information content (AvgIpc) is 2.84. The largest absolute Gasteiger partial charge is 0.456 e. The lowest BCUT2D eigenvalue weighted by atomic mass is 10.2. The highest BCUT2D eigenvalue weighted by atomic mass is 16.4. The summed E-state index contributed by atoms with van der Waals surface area (Å²) in [5, 5.41) is 1.00. The van der Waals surface area contributed by atoms with Gasteiger partial charge in [-0.25, -0.2) is 0 Å². The number of amides is 1. The summed E-state index contributed by atoms with van der Waals surface area (Å²) in [7, 11) is 1.73. The van der Waals surface area contributed by atoms with E-state index in [2.05, 4.69) is 4.98 Å². The van der Waals surface area contributed by atoms with E-state index in [1.165, 1.54) is 0 Å². The molecule has 0 fully saturated rings. The van der Waals surface area contributed by atoms with Gasteiger partial charge in [-0.3, -0.25) is 9.78 Å². The summed E-state index contributed by atoms with van der Waals surface area (Å²) in [6.07, 6.45) is 1.70. The Bertz CT molecular complexity index is 821. The van der Waals surface area contributed by atoms with E-state index in [4.69, 9.17) is 4.42 Å². The van der Waals surface area contributed by atoms with Crippen LogP contribution in [0, 0.1) is 13.8 Å². The molecule has 21 heavy (non-hydrogen) atoms. The maximum atomic E-state index is 12.5. The summed E-state index contributed by atoms with van der Waals surface area (Å²) in [5.74, 6) is 0.946. The molecule has 3 rings (SSSR count). The lowest BCUT2D eigenvalue weighted by Crippen LogP contribution is -2.26. The fraction of sp³-hybridized carbons (Fsp3) is 0.176. The molecule has 1 amide bonds. The van der Waals surface area contributed by atoms with E-state index in [1.54, 1.807) is 18.1 Å². The molecule has 0 saturated heterocycles. The Hall–Kier alpha value is -2.62. The van der Waals surface area contributed by atoms with Crippen molar-refractivity contribution in [1.82, 2.24) is 4.98 Å². The number of para-hydroxylation sites is 1. The highest BCUT2D eigenvalue weighted by Gasteiger charge is 2.20. The first-order chi connectivity index (χ1) is 10.1. The number of pyridine rings is 1. The van der Waals surface area contributed by atoms with Crippen molar-refractivity contribution in [3.05, 3.63) is 59.7 Å². The molecule has 0 saturated carbocycles. The number of aromatic nitrogens is 1. The summed E-state index contributed by atoms with van der Waals surface area (Å²) in [4.78, 5) is 18.5. The van der Waals surface area contributed by atoms with E-state index in [0.29, 0.717) is 5.76 Å². The van der Waals surface area contributed by atoms with Crippen molar-refractivity contribution in [1.29, 1.82) is 0 Å². The number of nitrogens with zero attached hydrogens (tertiary/aromatic N) is 2. The van der Waals surface area contributed by atoms with E-state index in [1.807, 2.05) is 50.2 Å². The van der Waals surface area contributed by atoms with Crippen molar-refractivity contribution in [2.45, 2.75) is 13.8 Å². The van der Waals surface area contributed by atoms with E-state index in [9.17, 15) is 4.79 Å². The Balaban J connectivity index is 1.97. The Morgan fingerprint density at radius 2 is 1.95 bits per heavy atom. The quantitative estimate of drug-likeness (QED) is 0.718. The number of aryl methyl sites for hydroxylation is 2. The SMILES string of the molecule is Cc1cc(C)c(C(=O)N(C)c2cnc3ccccc3c2)o1. The molecule has 4 heteroatoms. The third-order valence-electron chi connectivity index (χ3n) is 3.50. The highest BCUT2D eigenvalue weighted by Crippen LogP contribution is 2.22. The molecule has 0 N–H and O–H groups in total. The summed E-state index contributed by atoms with van der Waals surface area (Å²) in [5.41, 5.74) is 2.50. The van der Waals surface area contributed by atoms with Gasteiger partial charge in [0.2, 0.25) is 0 Å². The monoisotopic (exact) mass is 280 g/mol. The normalized spacial score (nSPS) is 10.8. The second kappa shape index (κ2) is 5.05. The van der Waals surface area contributed by atoms with Crippen LogP contribution in [0.4, 0.5) is 5.69 Å². The zero-order chi connectivity index (χ0) is 15.0. The Morgan fingerprint density at radius 1 is 1.19 bits per heavy atom. The number of fused-ring (bicyclic) bond motifs is 1. The van der Waals surface area contributed by atoms with Crippen molar-refractivity contribution in [3.63, 3.8) is 0 Å². The van der Waals surface area contributed by atoms with Gasteiger partial charge >= 0.3 is 0 Å². The first-order valence-corrected chi connectivity index (χ1v) is 6.76. The minimum absolute atomic E-state index is 0.169. The number of carbonyl (C=O) groups is 1. The molecule has 1 aromatic carbocycles. The summed E-state index contributed by atoms with van der Waals surface area (Å²) in [6, 6.07) is 11.6. The second-order valence-electron chi connectivity index (χ2n) is 5.12. The van der Waals surface area contributed by atoms with Gasteiger partial charge in [0, 0.05) is 18.0 Å². The van der Waals surface area contributed by atoms with Gasteiger partial charge in [-0.15, -0.1) is 0 Å². The van der Waals surface area contributed by atoms with Crippen molar-refractivity contribution in [3.8, 4) is 0 Å². The third-order valence-corrected chi connectivity index (χ3v) is 3.50. The lowest BCUT2D eigenvalue weighted by molar-refractivity contribution is 0.0964. The minimum atomic E-state index is -0.169. The van der Waals surface area contributed by atoms with E-state index < -0.39 is 0 Å². The number of benzene rings is 1. The van der Waals surface area contributed by atoms with Crippen LogP contribution in [0.5, 0.6) is 0 Å². The molecule has 2 aromatic heterocycles. The van der Waals surface area contributed by atoms with Crippen LogP contribution in [-0.2, 0) is 0 Å². The molecular formula is C17H16N2O2. The molecular weight excluding hydrogens is 264 g/mol. The number of anilines is 1. The van der Waals surface area contributed by atoms with Gasteiger partial charge in [0.15, 0.2) is 5.76 Å². The molecule has 2 heterocycles. The molecule has 3 aromatic rings. The van der Waals surface area contributed by atoms with Gasteiger partial charge in [-0.2, -0.15) is 0 Å². The molecule has 0 atom stereocenters. The molecule has 0 aliphatic rings. The van der Waals surface area contributed by atoms with Crippen molar-refractivity contribution in [2.75, 3.05) is 11.9 Å². The molecule has 0 spiro atoms. The smallest absolute Gasteiger partial charge is 0.294 e. The Morgan fingerprint density at radius 3 is 2.67 bits per heavy atom. The summed E-state index contributed by atoms with van der Waals surface area (Å²) in [6.45, 7) is 3.71. The minimum Gasteiger partial charge on any atom is -0.456 e. The van der Waals surface area contributed by atoms with Crippen molar-refractivity contribution >= 4 is 22.5 Å². The maximum Gasteiger partial charge on any atom is 0.294 e. The zero-order valence-corrected chi connectivity index (χ0v) is 12.3. The van der Waals surface area contributed by atoms with Crippen LogP contribution in [0.25, 0.3) is 10.9 Å². The number of hydrogen-bond acceptors (Lipinski definition) is 3. The van der Waals surface area contributed by atoms with Crippen LogP contribution >= 0.6 is 0 Å². The standard InChI is InChI=1S/C17H16N2O2/c1-11-8-12(2)21-16(11)17(20)19(3)14-9-13-6-4-5-7-15(13)18-10-14/h4-10H,1-3H3. The van der Waals surface area contributed by atoms with Crippen LogP contribution in [0.3, 0.4) is 0 Å². The molecule has 0 unspecified atom stereocenters. The summed E-state index contributed by atoms with van der Waals surface area (Å²) < 4.78 is 5.49. The van der Waals surface area contributed by atoms with Gasteiger partial charge in [-0.05, 0) is 32.0 Å². The average molecular weight is 280 g/mol. The van der Waals surface area contributed by atoms with E-state index in [0.717, 1.165) is 27.9 Å². The predicted octanol–water partition coefficient (Wildman–Crippen LogP) is 3.72. The molecule has 0 radical (unpaired) electrons. The van der Waals surface area contributed by atoms with Gasteiger partial charge in [0.05, 0.1) is 17.4 Å². The van der Waals surface area contributed by atoms with E-state index >= 15 is 0 Å². The van der Waals surface area contributed by atoms with E-state index in [-0.39, 0.29) is 5.91 Å². The third kappa shape index (κ3) is 2.40. The zero-order valence-electron chi connectivity index (χ0n) is 12.3. The number of furan rings is 1. The topological polar surface area (TPSA) is 46.3 Å². The number of hydrogen-bond donors (Lipinski definition) is 0. The number of rotatable bonds is 2. The first kappa shape index (κ1) is 13.4. The molecule has 0 bridgehead atoms. The van der Waals surface area contributed by atoms with Gasteiger partial charge in [-0.1, -0.05) is 18.2 Å². The first-order valence-electron chi connectivity index (χ1n) is 6.76. The maximum absolute atomic E-state index is 12.5. The predicted molar refractivity (Wildman–Crippen MR) is 82.7 cm³/mol. The van der Waals surface area contributed by atoms with Crippen LogP contribution < -0.4 is 4.90 Å².